The molecule has 4 heterocycles. The van der Waals surface area contributed by atoms with Gasteiger partial charge in [-0.25, -0.2) is 4.68 Å². The van der Waals surface area contributed by atoms with Gasteiger partial charge in [0.2, 0.25) is 4.96 Å². The Labute approximate surface area is 213 Å². The predicted octanol–water partition coefficient (Wildman–Crippen LogP) is 4.79. The van der Waals surface area contributed by atoms with Crippen molar-refractivity contribution in [1.82, 2.24) is 24.4 Å². The third-order valence-electron chi connectivity index (χ3n) is 5.55. The summed E-state index contributed by atoms with van der Waals surface area (Å²) in [5.74, 6) is 1.28. The van der Waals surface area contributed by atoms with Crippen molar-refractivity contribution in [2.24, 2.45) is 0 Å². The summed E-state index contributed by atoms with van der Waals surface area (Å²) < 4.78 is 9.02. The molecule has 4 aromatic heterocycles. The van der Waals surface area contributed by atoms with Crippen LogP contribution in [-0.4, -0.2) is 31.5 Å². The van der Waals surface area contributed by atoms with Gasteiger partial charge in [0.05, 0.1) is 17.3 Å². The lowest BCUT2D eigenvalue weighted by molar-refractivity contribution is 0.415. The fourth-order valence-electron chi connectivity index (χ4n) is 3.78. The minimum atomic E-state index is -0.202. The zero-order chi connectivity index (χ0) is 24.5. The Morgan fingerprint density at radius 3 is 2.50 bits per heavy atom. The number of hydrogen-bond acceptors (Lipinski definition) is 7. The Kier molecular flexibility index (Phi) is 5.76. The van der Waals surface area contributed by atoms with Gasteiger partial charge in [-0.2, -0.15) is 14.6 Å². The highest BCUT2D eigenvalue weighted by Crippen LogP contribution is 2.26. The number of aromatic nitrogens is 5. The van der Waals surface area contributed by atoms with Gasteiger partial charge in [0.15, 0.2) is 5.82 Å². The number of rotatable bonds is 6. The predicted molar refractivity (Wildman–Crippen MR) is 145 cm³/mol. The molecule has 0 radical (unpaired) electrons. The summed E-state index contributed by atoms with van der Waals surface area (Å²) in [6.45, 7) is 0. The molecule has 0 N–H and O–H groups in total. The second-order valence-electron chi connectivity index (χ2n) is 7.87. The Morgan fingerprint density at radius 1 is 0.944 bits per heavy atom. The summed E-state index contributed by atoms with van der Waals surface area (Å²) in [6.07, 6.45) is 7.55. The number of para-hydroxylation sites is 1. The molecule has 0 aliphatic heterocycles. The lowest BCUT2D eigenvalue weighted by Crippen LogP contribution is -2.23. The van der Waals surface area contributed by atoms with Crippen LogP contribution in [0.4, 0.5) is 0 Å². The van der Waals surface area contributed by atoms with Crippen LogP contribution in [0.3, 0.4) is 0 Å². The van der Waals surface area contributed by atoms with Gasteiger partial charge in [0, 0.05) is 22.2 Å². The summed E-state index contributed by atoms with van der Waals surface area (Å²) >= 11 is 2.94. The van der Waals surface area contributed by atoms with E-state index in [0.717, 1.165) is 33.1 Å². The van der Waals surface area contributed by atoms with Crippen molar-refractivity contribution >= 4 is 45.9 Å². The van der Waals surface area contributed by atoms with E-state index in [9.17, 15) is 4.79 Å². The second-order valence-corrected chi connectivity index (χ2v) is 9.86. The number of fused-ring (bicyclic) bond motifs is 1. The van der Waals surface area contributed by atoms with Crippen molar-refractivity contribution in [3.63, 3.8) is 0 Å². The van der Waals surface area contributed by atoms with Crippen LogP contribution in [0.5, 0.6) is 5.75 Å². The Hall–Kier alpha value is -4.34. The Morgan fingerprint density at radius 2 is 1.78 bits per heavy atom. The van der Waals surface area contributed by atoms with Crippen LogP contribution >= 0.6 is 22.7 Å². The van der Waals surface area contributed by atoms with Crippen molar-refractivity contribution in [2.75, 3.05) is 7.11 Å². The van der Waals surface area contributed by atoms with E-state index in [-0.39, 0.29) is 5.56 Å². The van der Waals surface area contributed by atoms with E-state index in [1.807, 2.05) is 101 Å². The molecule has 0 fully saturated rings. The standard InChI is InChI=1S/C27H19N5O2S2/c1-34-21-11-9-18(10-12-21)25-19(17-31(30-25)20-6-3-2-4-7-20)16-23-26(33)32-27(36-23)28-24(29-32)14-13-22-8-5-15-35-22/h2-17H,1H3/b14-13+,23-16-. The largest absolute Gasteiger partial charge is 0.497 e. The fraction of sp³-hybridized carbons (Fsp3) is 0.0370. The third-order valence-corrected chi connectivity index (χ3v) is 7.35. The molecular formula is C27H19N5O2S2. The molecule has 6 aromatic rings. The number of ether oxygens (including phenoxy) is 1. The first kappa shape index (κ1) is 22.1. The van der Waals surface area contributed by atoms with Gasteiger partial charge in [0.25, 0.3) is 5.56 Å². The monoisotopic (exact) mass is 509 g/mol. The van der Waals surface area contributed by atoms with Crippen molar-refractivity contribution < 1.29 is 4.74 Å². The van der Waals surface area contributed by atoms with Gasteiger partial charge in [-0.15, -0.1) is 16.4 Å². The zero-order valence-corrected chi connectivity index (χ0v) is 20.7. The van der Waals surface area contributed by atoms with Gasteiger partial charge in [-0.3, -0.25) is 4.79 Å². The van der Waals surface area contributed by atoms with E-state index in [0.29, 0.717) is 15.3 Å². The van der Waals surface area contributed by atoms with Gasteiger partial charge < -0.3 is 4.74 Å². The molecule has 0 saturated carbocycles. The number of nitrogens with zero attached hydrogens (tertiary/aromatic N) is 5. The summed E-state index contributed by atoms with van der Waals surface area (Å²) in [4.78, 5) is 19.3. The maximum Gasteiger partial charge on any atom is 0.291 e. The highest BCUT2D eigenvalue weighted by molar-refractivity contribution is 7.15. The lowest BCUT2D eigenvalue weighted by atomic mass is 10.1. The fourth-order valence-corrected chi connectivity index (χ4v) is 5.31. The number of methoxy groups -OCH3 is 1. The SMILES string of the molecule is COc1ccc(-c2nn(-c3ccccc3)cc2/C=c2\sc3nc(/C=C/c4cccs4)nn3c2=O)cc1. The van der Waals surface area contributed by atoms with Crippen molar-refractivity contribution in [1.29, 1.82) is 0 Å². The third kappa shape index (κ3) is 4.26. The van der Waals surface area contributed by atoms with Crippen LogP contribution in [0.15, 0.2) is 83.1 Å². The second kappa shape index (κ2) is 9.37. The lowest BCUT2D eigenvalue weighted by Gasteiger charge is -2.02. The minimum Gasteiger partial charge on any atom is -0.497 e. The number of hydrogen-bond donors (Lipinski definition) is 0. The van der Waals surface area contributed by atoms with Crippen LogP contribution in [0, 0.1) is 0 Å². The van der Waals surface area contributed by atoms with Crippen LogP contribution in [-0.2, 0) is 0 Å². The minimum absolute atomic E-state index is 0.202. The van der Waals surface area contributed by atoms with Gasteiger partial charge in [0.1, 0.15) is 11.4 Å². The van der Waals surface area contributed by atoms with Crippen LogP contribution in [0.2, 0.25) is 0 Å². The Balaban J connectivity index is 1.43. The van der Waals surface area contributed by atoms with Crippen LogP contribution in [0.25, 0.3) is 40.1 Å². The molecule has 2 aromatic carbocycles. The van der Waals surface area contributed by atoms with Crippen LogP contribution < -0.4 is 14.8 Å². The smallest absolute Gasteiger partial charge is 0.291 e. The van der Waals surface area contributed by atoms with Crippen molar-refractivity contribution in [3.8, 4) is 22.7 Å². The molecule has 0 aliphatic carbocycles. The average molecular weight is 510 g/mol. The van der Waals surface area contributed by atoms with E-state index in [4.69, 9.17) is 9.84 Å². The van der Waals surface area contributed by atoms with E-state index < -0.39 is 0 Å². The quantitative estimate of drug-likeness (QED) is 0.323. The molecule has 0 amide bonds. The highest BCUT2D eigenvalue weighted by atomic mass is 32.1. The average Bonchev–Trinajstić information content (AvgIpc) is 3.71. The normalized spacial score (nSPS) is 12.2. The molecule has 0 saturated heterocycles. The van der Waals surface area contributed by atoms with E-state index in [1.54, 1.807) is 18.4 Å². The molecule has 0 spiro atoms. The maximum absolute atomic E-state index is 13.2. The zero-order valence-electron chi connectivity index (χ0n) is 19.1. The summed E-state index contributed by atoms with van der Waals surface area (Å²) in [5, 5.41) is 11.2. The van der Waals surface area contributed by atoms with Crippen molar-refractivity contribution in [3.05, 3.63) is 109 Å². The van der Waals surface area contributed by atoms with Gasteiger partial charge in [-0.05, 0) is 66.1 Å². The molecule has 6 rings (SSSR count). The van der Waals surface area contributed by atoms with Crippen LogP contribution in [0.1, 0.15) is 16.3 Å². The first-order valence-electron chi connectivity index (χ1n) is 11.1. The molecule has 0 bridgehead atoms. The van der Waals surface area contributed by atoms with E-state index >= 15 is 0 Å². The number of thiophene rings is 1. The highest BCUT2D eigenvalue weighted by Gasteiger charge is 2.14. The molecule has 36 heavy (non-hydrogen) atoms. The topological polar surface area (TPSA) is 74.3 Å². The molecule has 9 heteroatoms. The molecule has 176 valence electrons. The maximum atomic E-state index is 13.2. The molecule has 0 atom stereocenters. The number of benzene rings is 2. The Bertz CT molecular complexity index is 1780. The molecule has 7 nitrogen and oxygen atoms in total. The molecular weight excluding hydrogens is 490 g/mol. The first-order valence-corrected chi connectivity index (χ1v) is 12.8. The van der Waals surface area contributed by atoms with E-state index in [2.05, 4.69) is 10.1 Å². The molecule has 0 aliphatic rings. The van der Waals surface area contributed by atoms with E-state index in [1.165, 1.54) is 15.9 Å². The van der Waals surface area contributed by atoms with Crippen molar-refractivity contribution in [2.45, 2.75) is 0 Å². The van der Waals surface area contributed by atoms with Gasteiger partial charge >= 0.3 is 0 Å². The van der Waals surface area contributed by atoms with Gasteiger partial charge in [-0.1, -0.05) is 35.6 Å². The first-order chi connectivity index (χ1) is 17.7. The molecule has 0 unspecified atom stereocenters. The summed E-state index contributed by atoms with van der Waals surface area (Å²) in [6, 6.07) is 21.6. The number of thiazole rings is 1. The summed E-state index contributed by atoms with van der Waals surface area (Å²) in [7, 11) is 1.64. The summed E-state index contributed by atoms with van der Waals surface area (Å²) in [5.41, 5.74) is 3.23.